The topological polar surface area (TPSA) is 82.3 Å². The van der Waals surface area contributed by atoms with E-state index in [0.29, 0.717) is 23.2 Å². The fourth-order valence-electron chi connectivity index (χ4n) is 2.13. The maximum absolute atomic E-state index is 12.2. The van der Waals surface area contributed by atoms with E-state index in [-0.39, 0.29) is 17.1 Å². The van der Waals surface area contributed by atoms with Crippen molar-refractivity contribution >= 4 is 27.9 Å². The summed E-state index contributed by atoms with van der Waals surface area (Å²) in [6.45, 7) is 2.52. The number of hydrogen-bond donors (Lipinski definition) is 2. The number of amides is 1. The molecule has 0 heterocycles. The molecule has 0 spiro atoms. The van der Waals surface area contributed by atoms with Crippen molar-refractivity contribution in [2.75, 3.05) is 6.61 Å². The van der Waals surface area contributed by atoms with Gasteiger partial charge in [-0.25, -0.2) is 0 Å². The molecule has 0 saturated heterocycles. The highest BCUT2D eigenvalue weighted by atomic mass is 79.9. The number of hydrogen-bond acceptors (Lipinski definition) is 4. The van der Waals surface area contributed by atoms with Crippen molar-refractivity contribution in [3.8, 4) is 17.6 Å². The molecule has 2 aromatic rings. The zero-order valence-corrected chi connectivity index (χ0v) is 15.2. The van der Waals surface area contributed by atoms with Crippen LogP contribution in [-0.2, 0) is 11.3 Å². The number of carbonyl (C=O) groups is 1. The van der Waals surface area contributed by atoms with Gasteiger partial charge in [0.15, 0.2) is 11.5 Å². The first kappa shape index (κ1) is 18.6. The Hall–Kier alpha value is -2.78. The van der Waals surface area contributed by atoms with Gasteiger partial charge < -0.3 is 15.2 Å². The Morgan fingerprint density at radius 2 is 2.08 bits per heavy atom. The molecule has 0 aromatic heterocycles. The van der Waals surface area contributed by atoms with Gasteiger partial charge in [0.1, 0.15) is 11.6 Å². The Bertz CT molecular complexity index is 827. The molecule has 0 atom stereocenters. The third-order valence-electron chi connectivity index (χ3n) is 3.32. The van der Waals surface area contributed by atoms with Crippen LogP contribution in [-0.4, -0.2) is 17.6 Å². The van der Waals surface area contributed by atoms with E-state index in [1.165, 1.54) is 6.08 Å². The van der Waals surface area contributed by atoms with Gasteiger partial charge in [-0.3, -0.25) is 4.79 Å². The second-order valence-corrected chi connectivity index (χ2v) is 5.97. The van der Waals surface area contributed by atoms with Crippen LogP contribution in [0, 0.1) is 11.3 Å². The van der Waals surface area contributed by atoms with Gasteiger partial charge >= 0.3 is 0 Å². The van der Waals surface area contributed by atoms with Crippen LogP contribution in [0.1, 0.15) is 18.1 Å². The molecule has 0 aliphatic heterocycles. The lowest BCUT2D eigenvalue weighted by atomic mass is 10.1. The molecule has 0 aliphatic carbocycles. The van der Waals surface area contributed by atoms with Crippen LogP contribution < -0.4 is 10.1 Å². The quantitative estimate of drug-likeness (QED) is 0.570. The van der Waals surface area contributed by atoms with Crippen LogP contribution in [0.15, 0.2) is 52.5 Å². The molecule has 0 saturated carbocycles. The van der Waals surface area contributed by atoms with E-state index in [2.05, 4.69) is 21.2 Å². The molecule has 25 heavy (non-hydrogen) atoms. The van der Waals surface area contributed by atoms with Crippen molar-refractivity contribution in [2.24, 2.45) is 0 Å². The van der Waals surface area contributed by atoms with E-state index in [1.807, 2.05) is 36.4 Å². The smallest absolute Gasteiger partial charge is 0.262 e. The molecular weight excluding hydrogens is 384 g/mol. The number of carbonyl (C=O) groups excluding carboxylic acids is 1. The first-order valence-electron chi connectivity index (χ1n) is 7.64. The Balaban J connectivity index is 2.19. The van der Waals surface area contributed by atoms with E-state index in [0.717, 1.165) is 5.56 Å². The summed E-state index contributed by atoms with van der Waals surface area (Å²) in [5, 5.41) is 21.9. The Kier molecular flexibility index (Phi) is 6.61. The number of halogens is 1. The molecule has 2 N–H and O–H groups in total. The minimum atomic E-state index is -0.464. The number of phenolic OH excluding ortho intramolecular Hbond substituents is 1. The first-order chi connectivity index (χ1) is 12.0. The lowest BCUT2D eigenvalue weighted by Gasteiger charge is -2.09. The van der Waals surface area contributed by atoms with E-state index < -0.39 is 5.91 Å². The van der Waals surface area contributed by atoms with Crippen molar-refractivity contribution < 1.29 is 14.6 Å². The zero-order valence-electron chi connectivity index (χ0n) is 13.6. The fraction of sp³-hybridized carbons (Fsp3) is 0.158. The van der Waals surface area contributed by atoms with E-state index in [9.17, 15) is 15.2 Å². The number of nitrogens with one attached hydrogen (secondary N) is 1. The minimum Gasteiger partial charge on any atom is -0.503 e. The van der Waals surface area contributed by atoms with Crippen LogP contribution in [0.3, 0.4) is 0 Å². The highest BCUT2D eigenvalue weighted by molar-refractivity contribution is 9.10. The number of benzene rings is 2. The predicted octanol–water partition coefficient (Wildman–Crippen LogP) is 3.78. The number of nitriles is 1. The summed E-state index contributed by atoms with van der Waals surface area (Å²) in [5.74, 6) is -0.204. The molecule has 0 fully saturated rings. The zero-order chi connectivity index (χ0) is 18.2. The van der Waals surface area contributed by atoms with E-state index in [4.69, 9.17) is 4.74 Å². The second-order valence-electron chi connectivity index (χ2n) is 5.12. The summed E-state index contributed by atoms with van der Waals surface area (Å²) in [4.78, 5) is 12.2. The number of ether oxygens (including phenoxy) is 1. The lowest BCUT2D eigenvalue weighted by molar-refractivity contribution is -0.117. The summed E-state index contributed by atoms with van der Waals surface area (Å²) in [5.41, 5.74) is 1.48. The van der Waals surface area contributed by atoms with E-state index >= 15 is 0 Å². The van der Waals surface area contributed by atoms with Gasteiger partial charge in [0.05, 0.1) is 11.1 Å². The Morgan fingerprint density at radius 1 is 1.36 bits per heavy atom. The van der Waals surface area contributed by atoms with Gasteiger partial charge in [-0.05, 0) is 52.2 Å². The molecule has 2 aromatic carbocycles. The Labute approximate surface area is 154 Å². The van der Waals surface area contributed by atoms with Gasteiger partial charge in [0.25, 0.3) is 5.91 Å². The van der Waals surface area contributed by atoms with Crippen LogP contribution >= 0.6 is 15.9 Å². The van der Waals surface area contributed by atoms with Crippen molar-refractivity contribution in [1.82, 2.24) is 5.32 Å². The van der Waals surface area contributed by atoms with Gasteiger partial charge in [0.2, 0.25) is 0 Å². The highest BCUT2D eigenvalue weighted by Gasteiger charge is 2.12. The average molecular weight is 401 g/mol. The average Bonchev–Trinajstić information content (AvgIpc) is 2.62. The SMILES string of the molecule is CCOc1cc(C=C(C#N)C(=O)NCc2ccccc2)cc(Br)c1O. The molecule has 1 amide bonds. The van der Waals surface area contributed by atoms with Gasteiger partial charge in [-0.1, -0.05) is 30.3 Å². The van der Waals surface area contributed by atoms with Crippen molar-refractivity contribution in [1.29, 1.82) is 5.26 Å². The maximum Gasteiger partial charge on any atom is 0.262 e. The first-order valence-corrected chi connectivity index (χ1v) is 8.43. The van der Waals surface area contributed by atoms with Crippen LogP contribution in [0.25, 0.3) is 6.08 Å². The van der Waals surface area contributed by atoms with Crippen molar-refractivity contribution in [3.05, 3.63) is 63.6 Å². The monoisotopic (exact) mass is 400 g/mol. The number of aromatic hydroxyl groups is 1. The molecule has 6 heteroatoms. The van der Waals surface area contributed by atoms with Gasteiger partial charge in [-0.15, -0.1) is 0 Å². The molecule has 5 nitrogen and oxygen atoms in total. The molecule has 0 unspecified atom stereocenters. The molecule has 0 bridgehead atoms. The Morgan fingerprint density at radius 3 is 2.72 bits per heavy atom. The second kappa shape index (κ2) is 8.90. The van der Waals surface area contributed by atoms with Crippen molar-refractivity contribution in [2.45, 2.75) is 13.5 Å². The summed E-state index contributed by atoms with van der Waals surface area (Å²) < 4.78 is 5.77. The van der Waals surface area contributed by atoms with E-state index in [1.54, 1.807) is 19.1 Å². The number of nitrogens with zero attached hydrogens (tertiary/aromatic N) is 1. The minimum absolute atomic E-state index is 0.0222. The molecule has 2 rings (SSSR count). The van der Waals surface area contributed by atoms with Crippen LogP contribution in [0.2, 0.25) is 0 Å². The molecule has 128 valence electrons. The normalized spacial score (nSPS) is 10.8. The highest BCUT2D eigenvalue weighted by Crippen LogP contribution is 2.36. The predicted molar refractivity (Wildman–Crippen MR) is 98.9 cm³/mol. The summed E-state index contributed by atoms with van der Waals surface area (Å²) in [6, 6.07) is 14.5. The van der Waals surface area contributed by atoms with Crippen molar-refractivity contribution in [3.63, 3.8) is 0 Å². The molecular formula is C19H17BrN2O3. The largest absolute Gasteiger partial charge is 0.503 e. The number of rotatable bonds is 6. The summed E-state index contributed by atoms with van der Waals surface area (Å²) >= 11 is 3.23. The molecule has 0 radical (unpaired) electrons. The van der Waals surface area contributed by atoms with Gasteiger partial charge in [0, 0.05) is 6.54 Å². The lowest BCUT2D eigenvalue weighted by Crippen LogP contribution is -2.23. The third kappa shape index (κ3) is 5.10. The summed E-state index contributed by atoms with van der Waals surface area (Å²) in [6.07, 6.45) is 1.45. The summed E-state index contributed by atoms with van der Waals surface area (Å²) in [7, 11) is 0. The molecule has 0 aliphatic rings. The van der Waals surface area contributed by atoms with Gasteiger partial charge in [-0.2, -0.15) is 5.26 Å². The van der Waals surface area contributed by atoms with Crippen LogP contribution in [0.4, 0.5) is 0 Å². The standard InChI is InChI=1S/C19H17BrN2O3/c1-2-25-17-10-14(9-16(20)18(17)23)8-15(11-21)19(24)22-12-13-6-4-3-5-7-13/h3-10,23H,2,12H2,1H3,(H,22,24). The fourth-order valence-corrected chi connectivity index (χ4v) is 2.59. The maximum atomic E-state index is 12.2. The number of phenols is 1. The third-order valence-corrected chi connectivity index (χ3v) is 3.93. The van der Waals surface area contributed by atoms with Crippen LogP contribution in [0.5, 0.6) is 11.5 Å².